The average molecular weight is 267 g/mol. The van der Waals surface area contributed by atoms with Crippen LogP contribution in [0.15, 0.2) is 0 Å². The highest BCUT2D eigenvalue weighted by atomic mass is 16.2. The van der Waals surface area contributed by atoms with Gasteiger partial charge in [-0.05, 0) is 39.8 Å². The number of nitrogens with one attached hydrogen (secondary N) is 2. The lowest BCUT2D eigenvalue weighted by Crippen LogP contribution is -2.62. The predicted octanol–water partition coefficient (Wildman–Crippen LogP) is 1.51. The third kappa shape index (κ3) is 3.93. The highest BCUT2D eigenvalue weighted by Gasteiger charge is 2.36. The number of carbonyl (C=O) groups is 1. The minimum atomic E-state index is 0.0757. The van der Waals surface area contributed by atoms with E-state index in [0.29, 0.717) is 12.1 Å². The Bertz CT molecular complexity index is 287. The van der Waals surface area contributed by atoms with E-state index in [4.69, 9.17) is 0 Å². The van der Waals surface area contributed by atoms with Crippen LogP contribution < -0.4 is 10.6 Å². The topological polar surface area (TPSA) is 44.4 Å². The van der Waals surface area contributed by atoms with E-state index in [-0.39, 0.29) is 11.9 Å². The van der Waals surface area contributed by atoms with Crippen molar-refractivity contribution < 1.29 is 4.79 Å². The van der Waals surface area contributed by atoms with Gasteiger partial charge in [-0.15, -0.1) is 0 Å². The van der Waals surface area contributed by atoms with Crippen LogP contribution in [0.4, 0.5) is 0 Å². The molecule has 1 aliphatic heterocycles. The van der Waals surface area contributed by atoms with Gasteiger partial charge in [0.15, 0.2) is 0 Å². The van der Waals surface area contributed by atoms with Crippen LogP contribution in [0.2, 0.25) is 0 Å². The van der Waals surface area contributed by atoms with Crippen LogP contribution in [0.1, 0.15) is 51.9 Å². The molecule has 4 nitrogen and oxygen atoms in total. The summed E-state index contributed by atoms with van der Waals surface area (Å²) >= 11 is 0. The standard InChI is InChI=1S/C15H29N3O/c1-12-11-18(13-7-5-3-4-6-8-13)14(9-10-16-2)15(19)17-12/h12-14,16H,3-11H2,1-2H3,(H,17,19). The first-order chi connectivity index (χ1) is 9.22. The SMILES string of the molecule is CNCCC1C(=O)NC(C)CN1C1CCCCCC1. The maximum Gasteiger partial charge on any atom is 0.237 e. The Morgan fingerprint density at radius 3 is 2.58 bits per heavy atom. The maximum atomic E-state index is 12.3. The van der Waals surface area contributed by atoms with E-state index in [9.17, 15) is 4.79 Å². The summed E-state index contributed by atoms with van der Waals surface area (Å²) in [6.07, 6.45) is 8.87. The number of hydrogen-bond donors (Lipinski definition) is 2. The smallest absolute Gasteiger partial charge is 0.237 e. The molecule has 1 heterocycles. The van der Waals surface area contributed by atoms with Gasteiger partial charge in [0.1, 0.15) is 0 Å². The van der Waals surface area contributed by atoms with Gasteiger partial charge in [0.05, 0.1) is 6.04 Å². The first kappa shape index (κ1) is 14.8. The molecule has 2 atom stereocenters. The molecule has 19 heavy (non-hydrogen) atoms. The quantitative estimate of drug-likeness (QED) is 0.759. The number of nitrogens with zero attached hydrogens (tertiary/aromatic N) is 1. The lowest BCUT2D eigenvalue weighted by Gasteiger charge is -2.43. The van der Waals surface area contributed by atoms with Gasteiger partial charge in [-0.1, -0.05) is 25.7 Å². The van der Waals surface area contributed by atoms with Crippen LogP contribution >= 0.6 is 0 Å². The molecule has 0 bridgehead atoms. The molecule has 2 aliphatic rings. The Kier molecular flexibility index (Phi) is 5.64. The monoisotopic (exact) mass is 267 g/mol. The average Bonchev–Trinajstić information content (AvgIpc) is 2.65. The van der Waals surface area contributed by atoms with Crippen LogP contribution in [0.5, 0.6) is 0 Å². The van der Waals surface area contributed by atoms with Gasteiger partial charge in [0.25, 0.3) is 0 Å². The molecule has 1 amide bonds. The maximum absolute atomic E-state index is 12.3. The van der Waals surface area contributed by atoms with Crippen molar-refractivity contribution in [2.75, 3.05) is 20.1 Å². The lowest BCUT2D eigenvalue weighted by molar-refractivity contribution is -0.132. The summed E-state index contributed by atoms with van der Waals surface area (Å²) < 4.78 is 0. The number of piperazine rings is 1. The Morgan fingerprint density at radius 2 is 1.95 bits per heavy atom. The van der Waals surface area contributed by atoms with Crippen molar-refractivity contribution in [1.29, 1.82) is 0 Å². The molecular formula is C15H29N3O. The van der Waals surface area contributed by atoms with Gasteiger partial charge in [0, 0.05) is 18.6 Å². The summed E-state index contributed by atoms with van der Waals surface area (Å²) in [4.78, 5) is 14.8. The van der Waals surface area contributed by atoms with E-state index in [2.05, 4.69) is 22.5 Å². The highest BCUT2D eigenvalue weighted by molar-refractivity contribution is 5.82. The number of carbonyl (C=O) groups excluding carboxylic acids is 1. The first-order valence-electron chi connectivity index (χ1n) is 7.93. The van der Waals surface area contributed by atoms with Crippen LogP contribution in [0.25, 0.3) is 0 Å². The van der Waals surface area contributed by atoms with Gasteiger partial charge in [-0.25, -0.2) is 0 Å². The molecule has 0 aromatic rings. The molecule has 4 heteroatoms. The Morgan fingerprint density at radius 1 is 1.26 bits per heavy atom. The van der Waals surface area contributed by atoms with Crippen molar-refractivity contribution >= 4 is 5.91 Å². The fourth-order valence-corrected chi connectivity index (χ4v) is 3.55. The number of hydrogen-bond acceptors (Lipinski definition) is 3. The zero-order valence-corrected chi connectivity index (χ0v) is 12.5. The molecule has 110 valence electrons. The molecule has 0 spiro atoms. The Labute approximate surface area is 117 Å². The van der Waals surface area contributed by atoms with E-state index < -0.39 is 0 Å². The molecule has 2 unspecified atom stereocenters. The van der Waals surface area contributed by atoms with Crippen molar-refractivity contribution in [3.63, 3.8) is 0 Å². The van der Waals surface area contributed by atoms with Gasteiger partial charge in [0.2, 0.25) is 5.91 Å². The third-order valence-electron chi connectivity index (χ3n) is 4.54. The van der Waals surface area contributed by atoms with Crippen molar-refractivity contribution in [3.8, 4) is 0 Å². The van der Waals surface area contributed by atoms with Crippen molar-refractivity contribution in [2.45, 2.75) is 70.0 Å². The normalized spacial score (nSPS) is 30.9. The largest absolute Gasteiger partial charge is 0.351 e. The van der Waals surface area contributed by atoms with Crippen LogP contribution in [-0.2, 0) is 4.79 Å². The number of rotatable bonds is 4. The molecule has 2 fully saturated rings. The minimum Gasteiger partial charge on any atom is -0.351 e. The zero-order valence-electron chi connectivity index (χ0n) is 12.5. The van der Waals surface area contributed by atoms with E-state index in [1.54, 1.807) is 0 Å². The first-order valence-corrected chi connectivity index (χ1v) is 7.93. The molecule has 1 saturated heterocycles. The summed E-state index contributed by atoms with van der Waals surface area (Å²) in [6, 6.07) is 0.992. The number of amides is 1. The zero-order chi connectivity index (χ0) is 13.7. The fraction of sp³-hybridized carbons (Fsp3) is 0.933. The molecule has 2 rings (SSSR count). The second-order valence-corrected chi connectivity index (χ2v) is 6.16. The van der Waals surface area contributed by atoms with Crippen LogP contribution in [-0.4, -0.2) is 49.1 Å². The molecular weight excluding hydrogens is 238 g/mol. The predicted molar refractivity (Wildman–Crippen MR) is 78.1 cm³/mol. The summed E-state index contributed by atoms with van der Waals surface area (Å²) in [6.45, 7) is 4.05. The van der Waals surface area contributed by atoms with Crippen molar-refractivity contribution in [2.24, 2.45) is 0 Å². The second-order valence-electron chi connectivity index (χ2n) is 6.16. The van der Waals surface area contributed by atoms with E-state index in [0.717, 1.165) is 19.5 Å². The van der Waals surface area contributed by atoms with Gasteiger partial charge >= 0.3 is 0 Å². The minimum absolute atomic E-state index is 0.0757. The molecule has 0 aromatic carbocycles. The van der Waals surface area contributed by atoms with E-state index in [1.807, 2.05) is 7.05 Å². The van der Waals surface area contributed by atoms with Crippen LogP contribution in [0.3, 0.4) is 0 Å². The summed E-state index contributed by atoms with van der Waals surface area (Å²) in [5.74, 6) is 0.234. The molecule has 1 aliphatic carbocycles. The fourth-order valence-electron chi connectivity index (χ4n) is 3.55. The Balaban J connectivity index is 2.04. The second kappa shape index (κ2) is 7.25. The molecule has 0 radical (unpaired) electrons. The molecule has 0 aromatic heterocycles. The van der Waals surface area contributed by atoms with Crippen molar-refractivity contribution in [1.82, 2.24) is 15.5 Å². The summed E-state index contributed by atoms with van der Waals surface area (Å²) in [5, 5.41) is 6.29. The molecule has 2 N–H and O–H groups in total. The van der Waals surface area contributed by atoms with Gasteiger partial charge in [-0.3, -0.25) is 9.69 Å². The Hall–Kier alpha value is -0.610. The van der Waals surface area contributed by atoms with Gasteiger partial charge in [-0.2, -0.15) is 0 Å². The van der Waals surface area contributed by atoms with E-state index in [1.165, 1.54) is 38.5 Å². The van der Waals surface area contributed by atoms with Gasteiger partial charge < -0.3 is 10.6 Å². The van der Waals surface area contributed by atoms with Crippen LogP contribution in [0, 0.1) is 0 Å². The molecule has 1 saturated carbocycles. The van der Waals surface area contributed by atoms with E-state index >= 15 is 0 Å². The highest BCUT2D eigenvalue weighted by Crippen LogP contribution is 2.26. The summed E-state index contributed by atoms with van der Waals surface area (Å²) in [7, 11) is 1.96. The summed E-state index contributed by atoms with van der Waals surface area (Å²) in [5.41, 5.74) is 0. The van der Waals surface area contributed by atoms with Crippen molar-refractivity contribution in [3.05, 3.63) is 0 Å². The lowest BCUT2D eigenvalue weighted by atomic mass is 9.98. The third-order valence-corrected chi connectivity index (χ3v) is 4.54.